The molecule has 5 heteroatoms. The Balaban J connectivity index is 1.73. The molecule has 1 saturated carbocycles. The number of unbranched alkanes of at least 4 members (excludes halogenated alkanes) is 2. The predicted molar refractivity (Wildman–Crippen MR) is 76.7 cm³/mol. The van der Waals surface area contributed by atoms with Crippen molar-refractivity contribution in [2.75, 3.05) is 13.2 Å². The van der Waals surface area contributed by atoms with Gasteiger partial charge in [-0.05, 0) is 31.6 Å². The first kappa shape index (κ1) is 16.4. The lowest BCUT2D eigenvalue weighted by atomic mass is 9.84. The van der Waals surface area contributed by atoms with Crippen LogP contribution in [0.4, 0.5) is 0 Å². The highest BCUT2D eigenvalue weighted by molar-refractivity contribution is 5.95. The maximum atomic E-state index is 12.1. The number of carbonyl (C=O) groups excluding carboxylic acids is 2. The standard InChI is InChI=1S/C16H26O5/c1-2-3-4-5-13-6-8-14(9-7-13)21-15(18)16(12-17)19-10-11-20-16/h12-14H,2-11H2,1H3. The van der Waals surface area contributed by atoms with Crippen molar-refractivity contribution in [1.82, 2.24) is 0 Å². The lowest BCUT2D eigenvalue weighted by Crippen LogP contribution is -2.45. The third kappa shape index (κ3) is 4.27. The molecule has 2 fully saturated rings. The van der Waals surface area contributed by atoms with Gasteiger partial charge in [-0.3, -0.25) is 4.79 Å². The molecular weight excluding hydrogens is 272 g/mol. The summed E-state index contributed by atoms with van der Waals surface area (Å²) in [6, 6.07) is 0. The minimum atomic E-state index is -1.81. The van der Waals surface area contributed by atoms with Crippen LogP contribution >= 0.6 is 0 Å². The first-order valence-corrected chi connectivity index (χ1v) is 8.15. The Morgan fingerprint density at radius 1 is 1.19 bits per heavy atom. The Bertz CT molecular complexity index is 341. The summed E-state index contributed by atoms with van der Waals surface area (Å²) in [7, 11) is 0. The van der Waals surface area contributed by atoms with Crippen molar-refractivity contribution in [2.45, 2.75) is 70.2 Å². The number of carbonyl (C=O) groups is 2. The molecule has 0 bridgehead atoms. The monoisotopic (exact) mass is 298 g/mol. The van der Waals surface area contributed by atoms with Gasteiger partial charge in [0.15, 0.2) is 6.29 Å². The summed E-state index contributed by atoms with van der Waals surface area (Å²) in [4.78, 5) is 23.1. The molecule has 2 rings (SSSR count). The highest BCUT2D eigenvalue weighted by atomic mass is 16.8. The van der Waals surface area contributed by atoms with Crippen LogP contribution in [-0.2, 0) is 23.8 Å². The van der Waals surface area contributed by atoms with Gasteiger partial charge in [0.2, 0.25) is 0 Å². The summed E-state index contributed by atoms with van der Waals surface area (Å²) in [5.74, 6) is -1.74. The molecule has 1 aliphatic heterocycles. The molecular formula is C16H26O5. The Kier molecular flexibility index (Phi) is 6.18. The molecule has 0 unspecified atom stereocenters. The molecule has 0 aromatic carbocycles. The Labute approximate surface area is 126 Å². The van der Waals surface area contributed by atoms with Crippen molar-refractivity contribution in [1.29, 1.82) is 0 Å². The summed E-state index contributed by atoms with van der Waals surface area (Å²) in [5.41, 5.74) is 0. The molecule has 120 valence electrons. The lowest BCUT2D eigenvalue weighted by molar-refractivity contribution is -0.206. The summed E-state index contributed by atoms with van der Waals surface area (Å²) in [6.07, 6.45) is 9.35. The second-order valence-corrected chi connectivity index (χ2v) is 6.03. The number of hydrogen-bond donors (Lipinski definition) is 0. The van der Waals surface area contributed by atoms with Gasteiger partial charge in [-0.1, -0.05) is 32.6 Å². The molecule has 0 radical (unpaired) electrons. The maximum Gasteiger partial charge on any atom is 0.375 e. The van der Waals surface area contributed by atoms with Gasteiger partial charge in [0, 0.05) is 0 Å². The molecule has 0 atom stereocenters. The largest absolute Gasteiger partial charge is 0.458 e. The van der Waals surface area contributed by atoms with Crippen LogP contribution in [0.15, 0.2) is 0 Å². The molecule has 0 N–H and O–H groups in total. The molecule has 21 heavy (non-hydrogen) atoms. The highest BCUT2D eigenvalue weighted by Crippen LogP contribution is 2.31. The summed E-state index contributed by atoms with van der Waals surface area (Å²) in [6.45, 7) is 2.71. The molecule has 5 nitrogen and oxygen atoms in total. The second-order valence-electron chi connectivity index (χ2n) is 6.03. The van der Waals surface area contributed by atoms with Crippen molar-refractivity contribution in [2.24, 2.45) is 5.92 Å². The topological polar surface area (TPSA) is 61.8 Å². The van der Waals surface area contributed by atoms with E-state index in [4.69, 9.17) is 14.2 Å². The van der Waals surface area contributed by atoms with E-state index in [1.807, 2.05) is 0 Å². The van der Waals surface area contributed by atoms with E-state index < -0.39 is 11.8 Å². The normalized spacial score (nSPS) is 28.2. The van der Waals surface area contributed by atoms with Crippen LogP contribution in [0.1, 0.15) is 58.3 Å². The molecule has 2 aliphatic rings. The van der Waals surface area contributed by atoms with E-state index >= 15 is 0 Å². The smallest absolute Gasteiger partial charge is 0.375 e. The quantitative estimate of drug-likeness (QED) is 0.313. The van der Waals surface area contributed by atoms with Crippen molar-refractivity contribution in [3.8, 4) is 0 Å². The van der Waals surface area contributed by atoms with Gasteiger partial charge in [-0.2, -0.15) is 0 Å². The van der Waals surface area contributed by atoms with Crippen LogP contribution in [0.3, 0.4) is 0 Å². The van der Waals surface area contributed by atoms with Crippen LogP contribution in [0.2, 0.25) is 0 Å². The van der Waals surface area contributed by atoms with E-state index in [2.05, 4.69) is 6.92 Å². The van der Waals surface area contributed by atoms with Crippen LogP contribution in [-0.4, -0.2) is 37.4 Å². The van der Waals surface area contributed by atoms with E-state index in [1.165, 1.54) is 25.7 Å². The first-order chi connectivity index (χ1) is 10.2. The number of aldehydes is 1. The van der Waals surface area contributed by atoms with Crippen molar-refractivity contribution >= 4 is 12.3 Å². The van der Waals surface area contributed by atoms with Gasteiger partial charge in [-0.15, -0.1) is 0 Å². The van der Waals surface area contributed by atoms with Gasteiger partial charge >= 0.3 is 11.8 Å². The van der Waals surface area contributed by atoms with Crippen LogP contribution in [0.25, 0.3) is 0 Å². The third-order valence-corrected chi connectivity index (χ3v) is 4.44. The second kappa shape index (κ2) is 7.90. The first-order valence-electron chi connectivity index (χ1n) is 8.15. The molecule has 1 heterocycles. The Morgan fingerprint density at radius 3 is 2.43 bits per heavy atom. The van der Waals surface area contributed by atoms with Crippen LogP contribution in [0.5, 0.6) is 0 Å². The molecule has 1 saturated heterocycles. The zero-order chi connectivity index (χ0) is 15.1. The van der Waals surface area contributed by atoms with E-state index in [-0.39, 0.29) is 19.3 Å². The van der Waals surface area contributed by atoms with Crippen LogP contribution < -0.4 is 0 Å². The van der Waals surface area contributed by atoms with Crippen molar-refractivity contribution in [3.05, 3.63) is 0 Å². The zero-order valence-electron chi connectivity index (χ0n) is 12.8. The Hall–Kier alpha value is -0.940. The molecule has 1 aliphatic carbocycles. The number of ether oxygens (including phenoxy) is 3. The average molecular weight is 298 g/mol. The molecule has 0 aromatic rings. The van der Waals surface area contributed by atoms with E-state index in [9.17, 15) is 9.59 Å². The minimum Gasteiger partial charge on any atom is -0.458 e. The van der Waals surface area contributed by atoms with Gasteiger partial charge in [0.25, 0.3) is 0 Å². The van der Waals surface area contributed by atoms with Gasteiger partial charge in [0.05, 0.1) is 13.2 Å². The van der Waals surface area contributed by atoms with E-state index in [0.717, 1.165) is 31.6 Å². The van der Waals surface area contributed by atoms with Gasteiger partial charge in [0.1, 0.15) is 6.10 Å². The highest BCUT2D eigenvalue weighted by Gasteiger charge is 2.47. The summed E-state index contributed by atoms with van der Waals surface area (Å²) < 4.78 is 15.7. The van der Waals surface area contributed by atoms with E-state index in [0.29, 0.717) is 6.29 Å². The van der Waals surface area contributed by atoms with E-state index in [1.54, 1.807) is 0 Å². The maximum absolute atomic E-state index is 12.1. The average Bonchev–Trinajstić information content (AvgIpc) is 2.99. The third-order valence-electron chi connectivity index (χ3n) is 4.44. The van der Waals surface area contributed by atoms with Crippen molar-refractivity contribution < 1.29 is 23.8 Å². The minimum absolute atomic E-state index is 0.107. The van der Waals surface area contributed by atoms with Gasteiger partial charge < -0.3 is 14.2 Å². The molecule has 0 amide bonds. The fourth-order valence-electron chi connectivity index (χ4n) is 3.12. The Morgan fingerprint density at radius 2 is 1.86 bits per heavy atom. The van der Waals surface area contributed by atoms with Crippen LogP contribution in [0, 0.1) is 5.92 Å². The van der Waals surface area contributed by atoms with Crippen molar-refractivity contribution in [3.63, 3.8) is 0 Å². The number of esters is 1. The lowest BCUT2D eigenvalue weighted by Gasteiger charge is -2.30. The summed E-state index contributed by atoms with van der Waals surface area (Å²) >= 11 is 0. The zero-order valence-corrected chi connectivity index (χ0v) is 12.8. The van der Waals surface area contributed by atoms with Gasteiger partial charge in [-0.25, -0.2) is 4.79 Å². The number of hydrogen-bond acceptors (Lipinski definition) is 5. The fourth-order valence-corrected chi connectivity index (χ4v) is 3.12. The fraction of sp³-hybridized carbons (Fsp3) is 0.875. The number of rotatable bonds is 7. The molecule has 0 aromatic heterocycles. The summed E-state index contributed by atoms with van der Waals surface area (Å²) in [5, 5.41) is 0. The predicted octanol–water partition coefficient (Wildman–Crippen LogP) is 2.61. The molecule has 0 spiro atoms. The SMILES string of the molecule is CCCCCC1CCC(OC(=O)C2(C=O)OCCO2)CC1.